The molecule has 0 spiro atoms. The summed E-state index contributed by atoms with van der Waals surface area (Å²) in [6.45, 7) is 4.47. The SMILES string of the molecule is C=Nc1c(OC)cccc1SC(=O)c1ccc(C#N)cc1.CNCc1ccccc1. The van der Waals surface area contributed by atoms with Crippen LogP contribution in [0.5, 0.6) is 5.75 Å². The first kappa shape index (κ1) is 22.9. The molecule has 0 aromatic heterocycles. The number of aliphatic imine (C=N–C) groups is 1. The van der Waals surface area contributed by atoms with E-state index >= 15 is 0 Å². The third-order valence-electron chi connectivity index (χ3n) is 4.02. The number of benzene rings is 3. The number of carbonyl (C=O) groups excluding carboxylic acids is 1. The lowest BCUT2D eigenvalue weighted by atomic mass is 10.2. The highest BCUT2D eigenvalue weighted by Gasteiger charge is 2.14. The maximum Gasteiger partial charge on any atom is 0.224 e. The number of nitriles is 1. The first-order chi connectivity index (χ1) is 14.6. The van der Waals surface area contributed by atoms with Gasteiger partial charge in [0.2, 0.25) is 5.12 Å². The van der Waals surface area contributed by atoms with Crippen LogP contribution >= 0.6 is 11.8 Å². The van der Waals surface area contributed by atoms with E-state index in [1.165, 1.54) is 5.56 Å². The van der Waals surface area contributed by atoms with Gasteiger partial charge in [0.15, 0.2) is 0 Å². The van der Waals surface area contributed by atoms with E-state index in [1.54, 1.807) is 49.6 Å². The number of para-hydroxylation sites is 1. The molecule has 3 aromatic rings. The zero-order valence-electron chi connectivity index (χ0n) is 17.0. The third kappa shape index (κ3) is 6.59. The molecule has 3 rings (SSSR count). The smallest absolute Gasteiger partial charge is 0.224 e. The van der Waals surface area contributed by atoms with Gasteiger partial charge in [-0.15, -0.1) is 0 Å². The molecule has 0 aliphatic rings. The van der Waals surface area contributed by atoms with Gasteiger partial charge in [0.05, 0.1) is 18.7 Å². The van der Waals surface area contributed by atoms with Crippen LogP contribution in [0.15, 0.2) is 82.7 Å². The second kappa shape index (κ2) is 12.2. The minimum absolute atomic E-state index is 0.127. The van der Waals surface area contributed by atoms with Crippen LogP contribution in [0.3, 0.4) is 0 Å². The second-order valence-corrected chi connectivity index (χ2v) is 7.07. The number of ether oxygens (including phenoxy) is 1. The van der Waals surface area contributed by atoms with Crippen LogP contribution in [0.4, 0.5) is 5.69 Å². The minimum Gasteiger partial charge on any atom is -0.494 e. The Bertz CT molecular complexity index is 1010. The fourth-order valence-corrected chi connectivity index (χ4v) is 3.41. The van der Waals surface area contributed by atoms with Crippen LogP contribution in [0.2, 0.25) is 0 Å². The lowest BCUT2D eigenvalue weighted by molar-refractivity contribution is 0.108. The van der Waals surface area contributed by atoms with E-state index in [0.29, 0.717) is 27.5 Å². The fraction of sp³-hybridized carbons (Fsp3) is 0.125. The molecule has 3 aromatic carbocycles. The number of hydrogen-bond acceptors (Lipinski definition) is 6. The van der Waals surface area contributed by atoms with E-state index in [2.05, 4.69) is 29.2 Å². The molecule has 0 amide bonds. The van der Waals surface area contributed by atoms with Crippen molar-refractivity contribution in [1.82, 2.24) is 5.32 Å². The normalized spacial score (nSPS) is 9.63. The molecule has 0 heterocycles. The Hall–Kier alpha value is -3.40. The van der Waals surface area contributed by atoms with Gasteiger partial charge < -0.3 is 10.1 Å². The highest BCUT2D eigenvalue weighted by atomic mass is 32.2. The van der Waals surface area contributed by atoms with E-state index < -0.39 is 0 Å². The van der Waals surface area contributed by atoms with Gasteiger partial charge in [0.25, 0.3) is 0 Å². The van der Waals surface area contributed by atoms with Crippen molar-refractivity contribution in [2.45, 2.75) is 11.4 Å². The predicted octanol–water partition coefficient (Wildman–Crippen LogP) is 5.24. The minimum atomic E-state index is -0.127. The van der Waals surface area contributed by atoms with E-state index in [1.807, 2.05) is 31.3 Å². The number of hydrogen-bond donors (Lipinski definition) is 1. The molecule has 0 aliphatic heterocycles. The Morgan fingerprint density at radius 3 is 2.37 bits per heavy atom. The summed E-state index contributed by atoms with van der Waals surface area (Å²) in [6, 6.07) is 24.2. The van der Waals surface area contributed by atoms with Crippen molar-refractivity contribution in [3.05, 3.63) is 89.5 Å². The van der Waals surface area contributed by atoms with Gasteiger partial charge >= 0.3 is 0 Å². The molecule has 0 atom stereocenters. The maximum absolute atomic E-state index is 12.3. The Labute approximate surface area is 181 Å². The predicted molar refractivity (Wildman–Crippen MR) is 123 cm³/mol. The van der Waals surface area contributed by atoms with Crippen LogP contribution in [-0.2, 0) is 6.54 Å². The molecule has 6 heteroatoms. The van der Waals surface area contributed by atoms with E-state index in [0.717, 1.165) is 18.3 Å². The molecule has 0 bridgehead atoms. The molecule has 0 saturated carbocycles. The highest BCUT2D eigenvalue weighted by molar-refractivity contribution is 8.14. The van der Waals surface area contributed by atoms with E-state index in [9.17, 15) is 4.79 Å². The quantitative estimate of drug-likeness (QED) is 0.439. The van der Waals surface area contributed by atoms with Crippen molar-refractivity contribution in [3.63, 3.8) is 0 Å². The fourth-order valence-electron chi connectivity index (χ4n) is 2.54. The molecule has 0 fully saturated rings. The number of carbonyl (C=O) groups is 1. The lowest BCUT2D eigenvalue weighted by Crippen LogP contribution is -2.04. The second-order valence-electron chi connectivity index (χ2n) is 6.06. The zero-order valence-corrected chi connectivity index (χ0v) is 17.8. The van der Waals surface area contributed by atoms with E-state index in [-0.39, 0.29) is 5.12 Å². The lowest BCUT2D eigenvalue weighted by Gasteiger charge is -2.08. The van der Waals surface area contributed by atoms with Gasteiger partial charge in [-0.3, -0.25) is 9.79 Å². The number of rotatable bonds is 6. The molecule has 0 unspecified atom stereocenters. The zero-order chi connectivity index (χ0) is 21.8. The molecular formula is C24H23N3O2S. The molecule has 30 heavy (non-hydrogen) atoms. The number of thioether (sulfide) groups is 1. The molecule has 1 N–H and O–H groups in total. The molecule has 152 valence electrons. The Balaban J connectivity index is 0.000000297. The molecular weight excluding hydrogens is 394 g/mol. The van der Waals surface area contributed by atoms with Crippen molar-refractivity contribution >= 4 is 29.3 Å². The summed E-state index contributed by atoms with van der Waals surface area (Å²) in [6.07, 6.45) is 0. The van der Waals surface area contributed by atoms with Crippen molar-refractivity contribution < 1.29 is 9.53 Å². The highest BCUT2D eigenvalue weighted by Crippen LogP contribution is 2.38. The Kier molecular flexibility index (Phi) is 9.32. The summed E-state index contributed by atoms with van der Waals surface area (Å²) in [5.74, 6) is 0.572. The van der Waals surface area contributed by atoms with Gasteiger partial charge in [0.1, 0.15) is 11.4 Å². The van der Waals surface area contributed by atoms with Crippen molar-refractivity contribution in [2.75, 3.05) is 14.2 Å². The average Bonchev–Trinajstić information content (AvgIpc) is 2.80. The van der Waals surface area contributed by atoms with Gasteiger partial charge in [-0.25, -0.2) is 0 Å². The van der Waals surface area contributed by atoms with Crippen LogP contribution in [0, 0.1) is 11.3 Å². The molecule has 0 radical (unpaired) electrons. The van der Waals surface area contributed by atoms with Gasteiger partial charge in [0, 0.05) is 17.0 Å². The molecule has 0 saturated heterocycles. The van der Waals surface area contributed by atoms with Gasteiger partial charge in [-0.2, -0.15) is 5.26 Å². The van der Waals surface area contributed by atoms with Gasteiger partial charge in [-0.05, 0) is 67.5 Å². The standard InChI is InChI=1S/C16H12N2O2S.C8H11N/c1-18-15-13(20-2)4-3-5-14(15)21-16(19)12-8-6-11(10-17)7-9-12;1-9-7-8-5-3-2-4-6-8/h3-9H,1H2,2H3;2-6,9H,7H2,1H3. The summed E-state index contributed by atoms with van der Waals surface area (Å²) in [7, 11) is 3.49. The maximum atomic E-state index is 12.3. The number of nitrogens with zero attached hydrogens (tertiary/aromatic N) is 2. The van der Waals surface area contributed by atoms with Crippen LogP contribution in [0.25, 0.3) is 0 Å². The first-order valence-corrected chi connectivity index (χ1v) is 9.99. The summed E-state index contributed by atoms with van der Waals surface area (Å²) in [5, 5.41) is 11.7. The van der Waals surface area contributed by atoms with Crippen molar-refractivity contribution in [1.29, 1.82) is 5.26 Å². The topological polar surface area (TPSA) is 74.5 Å². The average molecular weight is 418 g/mol. The van der Waals surface area contributed by atoms with Crippen molar-refractivity contribution in [2.24, 2.45) is 4.99 Å². The largest absolute Gasteiger partial charge is 0.494 e. The summed E-state index contributed by atoms with van der Waals surface area (Å²) in [4.78, 5) is 16.9. The van der Waals surface area contributed by atoms with Crippen LogP contribution in [-0.4, -0.2) is 26.0 Å². The van der Waals surface area contributed by atoms with E-state index in [4.69, 9.17) is 10.00 Å². The third-order valence-corrected chi connectivity index (χ3v) is 4.99. The van der Waals surface area contributed by atoms with Crippen LogP contribution < -0.4 is 10.1 Å². The number of nitrogens with one attached hydrogen (secondary N) is 1. The van der Waals surface area contributed by atoms with Crippen LogP contribution in [0.1, 0.15) is 21.5 Å². The monoisotopic (exact) mass is 417 g/mol. The summed E-state index contributed by atoms with van der Waals surface area (Å²) in [5.41, 5.74) is 2.93. The molecule has 0 aliphatic carbocycles. The Morgan fingerprint density at radius 1 is 1.10 bits per heavy atom. The first-order valence-electron chi connectivity index (χ1n) is 9.17. The number of methoxy groups -OCH3 is 1. The Morgan fingerprint density at radius 2 is 1.80 bits per heavy atom. The van der Waals surface area contributed by atoms with Gasteiger partial charge in [-0.1, -0.05) is 36.4 Å². The summed E-state index contributed by atoms with van der Waals surface area (Å²) < 4.78 is 5.20. The molecule has 5 nitrogen and oxygen atoms in total. The summed E-state index contributed by atoms with van der Waals surface area (Å²) >= 11 is 1.06. The van der Waals surface area contributed by atoms with Crippen molar-refractivity contribution in [3.8, 4) is 11.8 Å².